The molecular formula is C10H3F5N4O. The maximum Gasteiger partial charge on any atom is 0.451 e. The summed E-state index contributed by atoms with van der Waals surface area (Å²) < 4.78 is 63.9. The van der Waals surface area contributed by atoms with E-state index in [-0.39, 0.29) is 4.68 Å². The fourth-order valence-corrected chi connectivity index (χ4v) is 1.40. The quantitative estimate of drug-likeness (QED) is 0.813. The summed E-state index contributed by atoms with van der Waals surface area (Å²) in [5.41, 5.74) is -2.87. The molecule has 1 heterocycles. The summed E-state index contributed by atoms with van der Waals surface area (Å²) in [5.74, 6) is -4.09. The van der Waals surface area contributed by atoms with Crippen LogP contribution in [0.5, 0.6) is 0 Å². The van der Waals surface area contributed by atoms with Crippen molar-refractivity contribution in [3.8, 4) is 11.8 Å². The Balaban J connectivity index is 2.65. The molecule has 0 unspecified atom stereocenters. The molecule has 0 radical (unpaired) electrons. The third-order valence-electron chi connectivity index (χ3n) is 2.27. The van der Waals surface area contributed by atoms with Gasteiger partial charge in [-0.25, -0.2) is 13.6 Å². The molecule has 5 nitrogen and oxygen atoms in total. The number of rotatable bonds is 1. The summed E-state index contributed by atoms with van der Waals surface area (Å²) in [6, 6.07) is 2.22. The predicted molar refractivity (Wildman–Crippen MR) is 53.8 cm³/mol. The summed E-state index contributed by atoms with van der Waals surface area (Å²) in [6.45, 7) is 0. The Labute approximate surface area is 106 Å². The van der Waals surface area contributed by atoms with E-state index >= 15 is 0 Å². The Morgan fingerprint density at radius 3 is 2.40 bits per heavy atom. The second-order valence-corrected chi connectivity index (χ2v) is 3.58. The van der Waals surface area contributed by atoms with Crippen molar-refractivity contribution in [3.63, 3.8) is 0 Å². The van der Waals surface area contributed by atoms with Gasteiger partial charge in [-0.2, -0.15) is 23.1 Å². The molecule has 2 aromatic rings. The van der Waals surface area contributed by atoms with E-state index in [4.69, 9.17) is 5.26 Å². The molecule has 0 aliphatic rings. The van der Waals surface area contributed by atoms with Crippen molar-refractivity contribution >= 4 is 0 Å². The lowest BCUT2D eigenvalue weighted by Crippen LogP contribution is -2.17. The molecular weight excluding hydrogens is 287 g/mol. The van der Waals surface area contributed by atoms with Gasteiger partial charge in [0.2, 0.25) is 5.82 Å². The smallest absolute Gasteiger partial charge is 0.285 e. The van der Waals surface area contributed by atoms with Crippen molar-refractivity contribution < 1.29 is 22.0 Å². The minimum absolute atomic E-state index is 0.0301. The Kier molecular flexibility index (Phi) is 3.05. The van der Waals surface area contributed by atoms with Crippen LogP contribution in [0.1, 0.15) is 11.4 Å². The van der Waals surface area contributed by atoms with Gasteiger partial charge in [-0.05, 0) is 6.07 Å². The third kappa shape index (κ3) is 2.25. The first-order valence-electron chi connectivity index (χ1n) is 4.90. The molecule has 0 spiro atoms. The maximum atomic E-state index is 13.6. The first-order valence-corrected chi connectivity index (χ1v) is 4.90. The Hall–Kier alpha value is -2.70. The monoisotopic (exact) mass is 290 g/mol. The van der Waals surface area contributed by atoms with Crippen molar-refractivity contribution in [1.29, 1.82) is 5.26 Å². The van der Waals surface area contributed by atoms with Crippen LogP contribution in [0.4, 0.5) is 22.0 Å². The number of nitrogens with one attached hydrogen (secondary N) is 1. The Bertz CT molecular complexity index is 767. The zero-order valence-corrected chi connectivity index (χ0v) is 9.29. The van der Waals surface area contributed by atoms with Crippen LogP contribution in [-0.2, 0) is 6.18 Å². The van der Waals surface area contributed by atoms with Crippen molar-refractivity contribution in [1.82, 2.24) is 14.8 Å². The van der Waals surface area contributed by atoms with Crippen LogP contribution in [0.2, 0.25) is 0 Å². The van der Waals surface area contributed by atoms with Crippen LogP contribution in [0.15, 0.2) is 16.9 Å². The number of aromatic nitrogens is 3. The van der Waals surface area contributed by atoms with Crippen LogP contribution >= 0.6 is 0 Å². The molecule has 0 atom stereocenters. The highest BCUT2D eigenvalue weighted by molar-refractivity contribution is 5.41. The maximum absolute atomic E-state index is 13.6. The van der Waals surface area contributed by atoms with E-state index in [1.807, 2.05) is 0 Å². The SMILES string of the molecule is N#Cc1cc(F)c(-n2nc(C(F)(F)F)[nH]c2=O)cc1F. The minimum Gasteiger partial charge on any atom is -0.285 e. The van der Waals surface area contributed by atoms with Crippen LogP contribution in [0.25, 0.3) is 5.69 Å². The largest absolute Gasteiger partial charge is 0.451 e. The van der Waals surface area contributed by atoms with E-state index < -0.39 is 40.6 Å². The molecule has 1 N–H and O–H groups in total. The predicted octanol–water partition coefficient (Wildman–Crippen LogP) is 1.73. The molecule has 2 rings (SSSR count). The number of H-pyrrole nitrogens is 1. The lowest BCUT2D eigenvalue weighted by molar-refractivity contribution is -0.144. The van der Waals surface area contributed by atoms with Gasteiger partial charge in [-0.1, -0.05) is 0 Å². The van der Waals surface area contributed by atoms with E-state index in [0.29, 0.717) is 12.1 Å². The highest BCUT2D eigenvalue weighted by Gasteiger charge is 2.36. The molecule has 0 bridgehead atoms. The normalized spacial score (nSPS) is 11.4. The summed E-state index contributed by atoms with van der Waals surface area (Å²) in [6.07, 6.45) is -4.94. The molecule has 1 aromatic heterocycles. The van der Waals surface area contributed by atoms with Gasteiger partial charge in [0, 0.05) is 6.07 Å². The van der Waals surface area contributed by atoms with Crippen LogP contribution in [0.3, 0.4) is 0 Å². The Morgan fingerprint density at radius 1 is 1.25 bits per heavy atom. The van der Waals surface area contributed by atoms with Crippen molar-refractivity contribution in [2.75, 3.05) is 0 Å². The van der Waals surface area contributed by atoms with E-state index in [0.717, 1.165) is 0 Å². The van der Waals surface area contributed by atoms with Crippen molar-refractivity contribution in [2.24, 2.45) is 0 Å². The molecule has 1 aromatic carbocycles. The van der Waals surface area contributed by atoms with Crippen LogP contribution < -0.4 is 5.69 Å². The first kappa shape index (κ1) is 13.7. The number of halogens is 5. The molecule has 0 aliphatic heterocycles. The summed E-state index contributed by atoms with van der Waals surface area (Å²) in [7, 11) is 0. The summed E-state index contributed by atoms with van der Waals surface area (Å²) in [5, 5.41) is 11.3. The fourth-order valence-electron chi connectivity index (χ4n) is 1.40. The van der Waals surface area contributed by atoms with Gasteiger partial charge in [0.25, 0.3) is 0 Å². The number of aromatic amines is 1. The lowest BCUT2D eigenvalue weighted by atomic mass is 10.2. The number of nitrogens with zero attached hydrogens (tertiary/aromatic N) is 3. The van der Waals surface area contributed by atoms with Crippen LogP contribution in [-0.4, -0.2) is 14.8 Å². The van der Waals surface area contributed by atoms with Gasteiger partial charge in [-0.15, -0.1) is 5.10 Å². The highest BCUT2D eigenvalue weighted by Crippen LogP contribution is 2.25. The van der Waals surface area contributed by atoms with E-state index in [1.54, 1.807) is 0 Å². The molecule has 0 saturated heterocycles. The average Bonchev–Trinajstić information content (AvgIpc) is 2.73. The topological polar surface area (TPSA) is 74.5 Å². The Morgan fingerprint density at radius 2 is 1.90 bits per heavy atom. The molecule has 0 aliphatic carbocycles. The second kappa shape index (κ2) is 4.44. The first-order chi connectivity index (χ1) is 9.24. The second-order valence-electron chi connectivity index (χ2n) is 3.58. The third-order valence-corrected chi connectivity index (χ3v) is 2.27. The van der Waals surface area contributed by atoms with Gasteiger partial charge >= 0.3 is 11.9 Å². The van der Waals surface area contributed by atoms with Crippen molar-refractivity contribution in [3.05, 3.63) is 45.6 Å². The van der Waals surface area contributed by atoms with Gasteiger partial charge < -0.3 is 0 Å². The van der Waals surface area contributed by atoms with E-state index in [1.165, 1.54) is 11.1 Å². The van der Waals surface area contributed by atoms with Gasteiger partial charge in [-0.3, -0.25) is 4.98 Å². The van der Waals surface area contributed by atoms with Crippen LogP contribution in [0, 0.1) is 23.0 Å². The van der Waals surface area contributed by atoms with Gasteiger partial charge in [0.05, 0.1) is 5.56 Å². The average molecular weight is 290 g/mol. The number of hydrogen-bond acceptors (Lipinski definition) is 3. The van der Waals surface area contributed by atoms with E-state index in [9.17, 15) is 26.7 Å². The molecule has 0 fully saturated rings. The number of benzene rings is 1. The number of hydrogen-bond donors (Lipinski definition) is 1. The summed E-state index contributed by atoms with van der Waals surface area (Å²) in [4.78, 5) is 12.7. The highest BCUT2D eigenvalue weighted by atomic mass is 19.4. The zero-order chi connectivity index (χ0) is 15.1. The summed E-state index contributed by atoms with van der Waals surface area (Å²) >= 11 is 0. The number of nitriles is 1. The molecule has 20 heavy (non-hydrogen) atoms. The fraction of sp³-hybridized carbons (Fsp3) is 0.100. The van der Waals surface area contributed by atoms with Crippen molar-refractivity contribution in [2.45, 2.75) is 6.18 Å². The number of alkyl halides is 3. The van der Waals surface area contributed by atoms with Gasteiger partial charge in [0.1, 0.15) is 17.6 Å². The molecule has 0 saturated carbocycles. The zero-order valence-electron chi connectivity index (χ0n) is 9.29. The van der Waals surface area contributed by atoms with Gasteiger partial charge in [0.15, 0.2) is 5.82 Å². The minimum atomic E-state index is -4.94. The molecule has 0 amide bonds. The molecule has 10 heteroatoms. The van der Waals surface area contributed by atoms with E-state index in [2.05, 4.69) is 5.10 Å². The standard InChI is InChI=1S/C10H3F5N4O/c11-5-2-7(6(12)1-4(5)3-16)19-9(20)17-8(18-19)10(13,14)15/h1-2H,(H,17,18,20). The molecule has 104 valence electrons. The lowest BCUT2D eigenvalue weighted by Gasteiger charge is -2.03.